The number of hydrogen-bond acceptors (Lipinski definition) is 0. The summed E-state index contributed by atoms with van der Waals surface area (Å²) in [5.74, 6) is -6.61. The molecular weight excluding hydrogens is 402 g/mol. The molecule has 6 heteroatoms. The van der Waals surface area contributed by atoms with E-state index in [0.29, 0.717) is 12.0 Å². The number of fused-ring (bicyclic) bond motifs is 1. The Labute approximate surface area is 168 Å². The molecule has 0 saturated carbocycles. The summed E-state index contributed by atoms with van der Waals surface area (Å²) in [6, 6.07) is 10.8. The van der Waals surface area contributed by atoms with E-state index in [1.54, 1.807) is 6.92 Å². The highest BCUT2D eigenvalue weighted by Gasteiger charge is 2.17. The number of halogens is 6. The molecule has 0 fully saturated rings. The standard InChI is InChI=1S/C24H14F6/c1-2-12-7-19(26)22(20(27)8-12)14-4-5-16(18(25)10-14)13-3-6-17-15(9-13)11-21(28)24(30)23(17)29/h3-11H,2H2,1H3. The van der Waals surface area contributed by atoms with Gasteiger partial charge in [0, 0.05) is 10.9 Å². The van der Waals surface area contributed by atoms with Crippen LogP contribution < -0.4 is 0 Å². The minimum atomic E-state index is -1.58. The summed E-state index contributed by atoms with van der Waals surface area (Å²) in [5.41, 5.74) is 0.513. The van der Waals surface area contributed by atoms with Crippen LogP contribution >= 0.6 is 0 Å². The zero-order valence-electron chi connectivity index (χ0n) is 15.7. The second-order valence-corrected chi connectivity index (χ2v) is 6.90. The molecule has 0 aliphatic carbocycles. The van der Waals surface area contributed by atoms with Gasteiger partial charge in [0.2, 0.25) is 0 Å². The molecule has 0 bridgehead atoms. The molecule has 0 atom stereocenters. The van der Waals surface area contributed by atoms with Crippen molar-refractivity contribution >= 4 is 10.8 Å². The van der Waals surface area contributed by atoms with Crippen LogP contribution in [-0.4, -0.2) is 0 Å². The van der Waals surface area contributed by atoms with Crippen LogP contribution in [0.4, 0.5) is 26.3 Å². The quantitative estimate of drug-likeness (QED) is 0.239. The molecule has 4 aromatic rings. The van der Waals surface area contributed by atoms with E-state index in [1.165, 1.54) is 42.5 Å². The average molecular weight is 416 g/mol. The molecule has 0 spiro atoms. The van der Waals surface area contributed by atoms with Gasteiger partial charge in [0.05, 0.1) is 5.56 Å². The Balaban J connectivity index is 1.80. The van der Waals surface area contributed by atoms with Crippen LogP contribution in [0, 0.1) is 34.9 Å². The Morgan fingerprint density at radius 1 is 0.600 bits per heavy atom. The van der Waals surface area contributed by atoms with Crippen LogP contribution in [0.25, 0.3) is 33.0 Å². The van der Waals surface area contributed by atoms with Crippen molar-refractivity contribution in [2.45, 2.75) is 13.3 Å². The van der Waals surface area contributed by atoms with Gasteiger partial charge < -0.3 is 0 Å². The van der Waals surface area contributed by atoms with Gasteiger partial charge in [-0.3, -0.25) is 0 Å². The van der Waals surface area contributed by atoms with Crippen molar-refractivity contribution in [3.63, 3.8) is 0 Å². The van der Waals surface area contributed by atoms with E-state index in [-0.39, 0.29) is 33.0 Å². The van der Waals surface area contributed by atoms with Gasteiger partial charge in [0.1, 0.15) is 17.5 Å². The van der Waals surface area contributed by atoms with Gasteiger partial charge in [0.15, 0.2) is 17.5 Å². The highest BCUT2D eigenvalue weighted by molar-refractivity contribution is 5.88. The van der Waals surface area contributed by atoms with Gasteiger partial charge in [-0.2, -0.15) is 0 Å². The van der Waals surface area contributed by atoms with Crippen LogP contribution in [0.15, 0.2) is 54.6 Å². The van der Waals surface area contributed by atoms with Crippen molar-refractivity contribution in [3.8, 4) is 22.3 Å². The number of aryl methyl sites for hydroxylation is 1. The molecule has 0 radical (unpaired) electrons. The van der Waals surface area contributed by atoms with Gasteiger partial charge in [-0.05, 0) is 58.8 Å². The summed E-state index contributed by atoms with van der Waals surface area (Å²) in [5, 5.41) is -0.0885. The zero-order valence-corrected chi connectivity index (χ0v) is 15.7. The van der Waals surface area contributed by atoms with Gasteiger partial charge in [-0.25, -0.2) is 26.3 Å². The van der Waals surface area contributed by atoms with Crippen LogP contribution in [0.3, 0.4) is 0 Å². The Kier molecular flexibility index (Phi) is 5.02. The molecule has 4 aromatic carbocycles. The molecule has 0 aliphatic rings. The average Bonchev–Trinajstić information content (AvgIpc) is 2.71. The van der Waals surface area contributed by atoms with Crippen LogP contribution in [0.2, 0.25) is 0 Å². The molecule has 0 unspecified atom stereocenters. The third-order valence-electron chi connectivity index (χ3n) is 5.05. The molecule has 30 heavy (non-hydrogen) atoms. The Hall–Kier alpha value is -3.28. The van der Waals surface area contributed by atoms with E-state index in [0.717, 1.165) is 12.1 Å². The normalized spacial score (nSPS) is 11.3. The third-order valence-corrected chi connectivity index (χ3v) is 5.05. The van der Waals surface area contributed by atoms with Crippen molar-refractivity contribution in [3.05, 3.63) is 95.1 Å². The highest BCUT2D eigenvalue weighted by Crippen LogP contribution is 2.33. The van der Waals surface area contributed by atoms with Crippen molar-refractivity contribution < 1.29 is 26.3 Å². The lowest BCUT2D eigenvalue weighted by atomic mass is 9.96. The smallest absolute Gasteiger partial charge is 0.195 e. The van der Waals surface area contributed by atoms with Crippen molar-refractivity contribution in [2.24, 2.45) is 0 Å². The monoisotopic (exact) mass is 416 g/mol. The molecule has 0 nitrogen and oxygen atoms in total. The minimum absolute atomic E-state index is 0.0221. The SMILES string of the molecule is CCc1cc(F)c(-c2ccc(-c3ccc4c(F)c(F)c(F)cc4c3)c(F)c2)c(F)c1. The summed E-state index contributed by atoms with van der Waals surface area (Å²) in [6.07, 6.45) is 0.453. The first-order valence-electron chi connectivity index (χ1n) is 9.15. The highest BCUT2D eigenvalue weighted by atomic mass is 19.2. The van der Waals surface area contributed by atoms with Crippen LogP contribution in [-0.2, 0) is 6.42 Å². The Morgan fingerprint density at radius 2 is 1.27 bits per heavy atom. The maximum Gasteiger partial charge on any atom is 0.195 e. The maximum absolute atomic E-state index is 14.8. The number of rotatable bonds is 3. The fourth-order valence-electron chi connectivity index (χ4n) is 3.48. The van der Waals surface area contributed by atoms with E-state index in [1.807, 2.05) is 0 Å². The second-order valence-electron chi connectivity index (χ2n) is 6.90. The molecule has 0 aromatic heterocycles. The summed E-state index contributed by atoms with van der Waals surface area (Å²) in [6.45, 7) is 1.76. The lowest BCUT2D eigenvalue weighted by Crippen LogP contribution is -1.95. The summed E-state index contributed by atoms with van der Waals surface area (Å²) < 4.78 is 84.3. The molecule has 0 aliphatic heterocycles. The van der Waals surface area contributed by atoms with E-state index >= 15 is 0 Å². The molecule has 0 saturated heterocycles. The van der Waals surface area contributed by atoms with Crippen molar-refractivity contribution in [2.75, 3.05) is 0 Å². The number of hydrogen-bond donors (Lipinski definition) is 0. The predicted molar refractivity (Wildman–Crippen MR) is 104 cm³/mol. The van der Waals surface area contributed by atoms with Gasteiger partial charge in [-0.15, -0.1) is 0 Å². The van der Waals surface area contributed by atoms with Gasteiger partial charge in [-0.1, -0.05) is 31.2 Å². The van der Waals surface area contributed by atoms with E-state index in [9.17, 15) is 26.3 Å². The van der Waals surface area contributed by atoms with E-state index in [2.05, 4.69) is 0 Å². The molecular formula is C24H14F6. The lowest BCUT2D eigenvalue weighted by Gasteiger charge is -2.11. The van der Waals surface area contributed by atoms with E-state index < -0.39 is 34.9 Å². The summed E-state index contributed by atoms with van der Waals surface area (Å²) in [7, 11) is 0. The molecule has 152 valence electrons. The molecule has 0 heterocycles. The van der Waals surface area contributed by atoms with Crippen LogP contribution in [0.1, 0.15) is 12.5 Å². The zero-order chi connectivity index (χ0) is 21.6. The summed E-state index contributed by atoms with van der Waals surface area (Å²) >= 11 is 0. The minimum Gasteiger partial charge on any atom is -0.206 e. The fourth-order valence-corrected chi connectivity index (χ4v) is 3.48. The molecule has 0 N–H and O–H groups in total. The lowest BCUT2D eigenvalue weighted by molar-refractivity contribution is 0.453. The predicted octanol–water partition coefficient (Wildman–Crippen LogP) is 7.57. The second kappa shape index (κ2) is 7.52. The summed E-state index contributed by atoms with van der Waals surface area (Å²) in [4.78, 5) is 0. The van der Waals surface area contributed by atoms with Crippen molar-refractivity contribution in [1.29, 1.82) is 0 Å². The van der Waals surface area contributed by atoms with Crippen LogP contribution in [0.5, 0.6) is 0 Å². The van der Waals surface area contributed by atoms with Crippen molar-refractivity contribution in [1.82, 2.24) is 0 Å². The molecule has 4 rings (SSSR count). The van der Waals surface area contributed by atoms with E-state index in [4.69, 9.17) is 0 Å². The Bertz CT molecular complexity index is 1270. The maximum atomic E-state index is 14.8. The Morgan fingerprint density at radius 3 is 1.90 bits per heavy atom. The fraction of sp³-hybridized carbons (Fsp3) is 0.0833. The van der Waals surface area contributed by atoms with Gasteiger partial charge in [0.25, 0.3) is 0 Å². The molecule has 0 amide bonds. The topological polar surface area (TPSA) is 0 Å². The first-order valence-corrected chi connectivity index (χ1v) is 9.15. The largest absolute Gasteiger partial charge is 0.206 e. The first-order chi connectivity index (χ1) is 14.3. The van der Waals surface area contributed by atoms with Gasteiger partial charge >= 0.3 is 0 Å². The first kappa shape index (κ1) is 20.0. The third kappa shape index (κ3) is 3.32. The number of benzene rings is 4.